The number of anilines is 1. The molecule has 0 unspecified atom stereocenters. The van der Waals surface area contributed by atoms with Crippen LogP contribution in [-0.2, 0) is 9.53 Å². The maximum absolute atomic E-state index is 13.2. The highest BCUT2D eigenvalue weighted by molar-refractivity contribution is 8.14. The fourth-order valence-electron chi connectivity index (χ4n) is 3.21. The Morgan fingerprint density at radius 1 is 1.33 bits per heavy atom. The van der Waals surface area contributed by atoms with Crippen LogP contribution in [0, 0.1) is 0 Å². The Morgan fingerprint density at radius 3 is 2.87 bits per heavy atom. The lowest BCUT2D eigenvalue weighted by Gasteiger charge is -2.26. The number of thiophene rings is 1. The van der Waals surface area contributed by atoms with Gasteiger partial charge < -0.3 is 9.47 Å². The summed E-state index contributed by atoms with van der Waals surface area (Å²) in [6.45, 7) is 4.34. The topological polar surface area (TPSA) is 54.4 Å². The summed E-state index contributed by atoms with van der Waals surface area (Å²) in [5.74, 6) is 1.25. The number of thioether (sulfide) groups is 1. The van der Waals surface area contributed by atoms with Gasteiger partial charge in [-0.1, -0.05) is 29.4 Å². The Morgan fingerprint density at radius 2 is 2.17 bits per heavy atom. The van der Waals surface area contributed by atoms with E-state index in [1.54, 1.807) is 47.2 Å². The number of amidine groups is 1. The van der Waals surface area contributed by atoms with Crippen LogP contribution in [0.15, 0.2) is 46.4 Å². The quantitative estimate of drug-likeness (QED) is 0.600. The molecule has 1 amide bonds. The minimum Gasteiger partial charge on any atom is -0.495 e. The molecule has 9 heteroatoms. The molecule has 0 aliphatic carbocycles. The number of aliphatic imine (C=N–C) groups is 1. The van der Waals surface area contributed by atoms with Gasteiger partial charge in [0, 0.05) is 30.3 Å². The minimum atomic E-state index is -0.154. The summed E-state index contributed by atoms with van der Waals surface area (Å²) in [5.41, 5.74) is 1.11. The van der Waals surface area contributed by atoms with Crippen molar-refractivity contribution in [1.29, 1.82) is 0 Å². The second-order valence-electron chi connectivity index (χ2n) is 6.70. The van der Waals surface area contributed by atoms with Gasteiger partial charge in [-0.2, -0.15) is 0 Å². The Labute approximate surface area is 189 Å². The maximum atomic E-state index is 13.2. The fraction of sp³-hybridized carbons (Fsp3) is 0.333. The number of hydrogen-bond donors (Lipinski definition) is 0. The van der Waals surface area contributed by atoms with Crippen molar-refractivity contribution in [2.75, 3.05) is 50.6 Å². The molecule has 1 aromatic carbocycles. The number of halogens is 1. The first kappa shape index (κ1) is 21.4. The van der Waals surface area contributed by atoms with Crippen LogP contribution < -0.4 is 9.64 Å². The highest BCUT2D eigenvalue weighted by atomic mass is 35.5. The van der Waals surface area contributed by atoms with Gasteiger partial charge in [-0.25, -0.2) is 4.99 Å². The third-order valence-electron chi connectivity index (χ3n) is 4.79. The SMILES string of the molecule is COc1ccc(N2C(=O)/C(=C\c3cccs3)N=C2SCCN2CCOCC2)cc1Cl. The van der Waals surface area contributed by atoms with E-state index in [2.05, 4.69) is 9.89 Å². The smallest absolute Gasteiger partial charge is 0.283 e. The Bertz CT molecular complexity index is 956. The van der Waals surface area contributed by atoms with E-state index in [0.29, 0.717) is 27.3 Å². The zero-order chi connectivity index (χ0) is 20.9. The van der Waals surface area contributed by atoms with E-state index >= 15 is 0 Å². The number of benzene rings is 1. The second kappa shape index (κ2) is 9.98. The number of ether oxygens (including phenoxy) is 2. The number of nitrogens with zero attached hydrogens (tertiary/aromatic N) is 3. The number of carbonyl (C=O) groups excluding carboxylic acids is 1. The van der Waals surface area contributed by atoms with Gasteiger partial charge in [0.05, 0.1) is 31.0 Å². The monoisotopic (exact) mass is 463 g/mol. The number of rotatable bonds is 6. The highest BCUT2D eigenvalue weighted by Crippen LogP contribution is 2.34. The van der Waals surface area contributed by atoms with Crippen molar-refractivity contribution in [1.82, 2.24) is 4.90 Å². The zero-order valence-electron chi connectivity index (χ0n) is 16.5. The van der Waals surface area contributed by atoms with Gasteiger partial charge in [-0.3, -0.25) is 14.6 Å². The Balaban J connectivity index is 1.56. The molecule has 0 atom stereocenters. The molecule has 1 saturated heterocycles. The zero-order valence-corrected chi connectivity index (χ0v) is 18.9. The van der Waals surface area contributed by atoms with Crippen LogP contribution in [0.5, 0.6) is 5.75 Å². The molecule has 2 aliphatic rings. The van der Waals surface area contributed by atoms with Crippen LogP contribution in [0.3, 0.4) is 0 Å². The maximum Gasteiger partial charge on any atom is 0.283 e. The summed E-state index contributed by atoms with van der Waals surface area (Å²) in [5, 5.41) is 3.10. The van der Waals surface area contributed by atoms with Crippen LogP contribution in [0.25, 0.3) is 6.08 Å². The van der Waals surface area contributed by atoms with Crippen molar-refractivity contribution < 1.29 is 14.3 Å². The summed E-state index contributed by atoms with van der Waals surface area (Å²) < 4.78 is 10.7. The first-order chi connectivity index (χ1) is 14.7. The molecular weight excluding hydrogens is 442 g/mol. The molecule has 4 rings (SSSR count). The van der Waals surface area contributed by atoms with Crippen molar-refractivity contribution in [2.24, 2.45) is 4.99 Å². The summed E-state index contributed by atoms with van der Waals surface area (Å²) in [7, 11) is 1.57. The fourth-order valence-corrected chi connectivity index (χ4v) is 5.13. The third-order valence-corrected chi connectivity index (χ3v) is 6.82. The summed E-state index contributed by atoms with van der Waals surface area (Å²) in [4.78, 5) is 22.9. The van der Waals surface area contributed by atoms with Crippen LogP contribution in [0.2, 0.25) is 5.02 Å². The molecule has 2 aliphatic heterocycles. The number of hydrogen-bond acceptors (Lipinski definition) is 7. The van der Waals surface area contributed by atoms with E-state index in [-0.39, 0.29) is 5.91 Å². The van der Waals surface area contributed by atoms with Crippen LogP contribution in [0.4, 0.5) is 5.69 Å². The van der Waals surface area contributed by atoms with E-state index < -0.39 is 0 Å². The van der Waals surface area contributed by atoms with Gasteiger partial charge in [0.2, 0.25) is 0 Å². The van der Waals surface area contributed by atoms with E-state index in [1.165, 1.54) is 0 Å². The van der Waals surface area contributed by atoms with Crippen LogP contribution in [-0.4, -0.2) is 61.7 Å². The molecule has 158 valence electrons. The van der Waals surface area contributed by atoms with E-state index in [0.717, 1.165) is 43.5 Å². The van der Waals surface area contributed by atoms with Crippen LogP contribution >= 0.6 is 34.7 Å². The molecule has 1 fully saturated rings. The molecular formula is C21H22ClN3O3S2. The first-order valence-corrected chi connectivity index (χ1v) is 11.8. The normalized spacial score (nSPS) is 18.9. The Hall–Kier alpha value is -1.84. The van der Waals surface area contributed by atoms with E-state index in [4.69, 9.17) is 21.1 Å². The molecule has 0 N–H and O–H groups in total. The number of morpholine rings is 1. The predicted molar refractivity (Wildman–Crippen MR) is 125 cm³/mol. The molecule has 30 heavy (non-hydrogen) atoms. The standard InChI is InChI=1S/C21H22ClN3O3S2/c1-27-19-5-4-15(13-17(19)22)25-20(26)18(14-16-3-2-11-29-16)23-21(25)30-12-8-24-6-9-28-10-7-24/h2-5,11,13-14H,6-10,12H2,1H3/b18-14+. The molecule has 0 saturated carbocycles. The first-order valence-electron chi connectivity index (χ1n) is 9.60. The minimum absolute atomic E-state index is 0.154. The van der Waals surface area contributed by atoms with Crippen molar-refractivity contribution >= 4 is 57.5 Å². The van der Waals surface area contributed by atoms with Gasteiger partial charge in [0.1, 0.15) is 11.4 Å². The predicted octanol–water partition coefficient (Wildman–Crippen LogP) is 4.22. The lowest BCUT2D eigenvalue weighted by atomic mass is 10.2. The van der Waals surface area contributed by atoms with Gasteiger partial charge in [-0.15, -0.1) is 11.3 Å². The highest BCUT2D eigenvalue weighted by Gasteiger charge is 2.32. The molecule has 0 spiro atoms. The van der Waals surface area contributed by atoms with Crippen molar-refractivity contribution in [3.8, 4) is 5.75 Å². The summed E-state index contributed by atoms with van der Waals surface area (Å²) >= 11 is 9.47. The molecule has 2 aromatic rings. The van der Waals surface area contributed by atoms with Gasteiger partial charge in [-0.05, 0) is 35.7 Å². The average molecular weight is 464 g/mol. The number of amides is 1. The molecule has 0 radical (unpaired) electrons. The average Bonchev–Trinajstić information content (AvgIpc) is 3.37. The molecule has 0 bridgehead atoms. The van der Waals surface area contributed by atoms with Gasteiger partial charge in [0.25, 0.3) is 5.91 Å². The number of methoxy groups -OCH3 is 1. The van der Waals surface area contributed by atoms with Crippen molar-refractivity contribution in [3.63, 3.8) is 0 Å². The van der Waals surface area contributed by atoms with Gasteiger partial charge >= 0.3 is 0 Å². The molecule has 6 nitrogen and oxygen atoms in total. The van der Waals surface area contributed by atoms with Crippen molar-refractivity contribution in [3.05, 3.63) is 51.3 Å². The van der Waals surface area contributed by atoms with E-state index in [9.17, 15) is 4.79 Å². The summed E-state index contributed by atoms with van der Waals surface area (Å²) in [6.07, 6.45) is 1.83. The largest absolute Gasteiger partial charge is 0.495 e. The molecule has 1 aromatic heterocycles. The molecule has 3 heterocycles. The van der Waals surface area contributed by atoms with Gasteiger partial charge in [0.15, 0.2) is 5.17 Å². The lowest BCUT2D eigenvalue weighted by molar-refractivity contribution is -0.113. The van der Waals surface area contributed by atoms with E-state index in [1.807, 2.05) is 29.7 Å². The van der Waals surface area contributed by atoms with Crippen LogP contribution in [0.1, 0.15) is 4.88 Å². The van der Waals surface area contributed by atoms with Crippen molar-refractivity contribution in [2.45, 2.75) is 0 Å². The summed E-state index contributed by atoms with van der Waals surface area (Å²) in [6, 6.07) is 9.26. The second-order valence-corrected chi connectivity index (χ2v) is 9.15. The lowest BCUT2D eigenvalue weighted by Crippen LogP contribution is -2.38. The number of carbonyl (C=O) groups is 1. The third kappa shape index (κ3) is 4.90. The Kier molecular flexibility index (Phi) is 7.12.